The van der Waals surface area contributed by atoms with Gasteiger partial charge in [-0.2, -0.15) is 8.78 Å². The standard InChI is InChI=1S/C16H14F3NO3/c1-10(22-13-6-2-11(17)3-7-13)15(21)20-12-4-8-14(9-5-12)23-16(18)19/h2-10,16H,1H3,(H,20,21)/t10-/m0/s1. The zero-order valence-corrected chi connectivity index (χ0v) is 12.1. The first-order valence-corrected chi connectivity index (χ1v) is 6.72. The molecule has 0 unspecified atom stereocenters. The molecule has 0 spiro atoms. The predicted molar refractivity (Wildman–Crippen MR) is 78.2 cm³/mol. The van der Waals surface area contributed by atoms with Crippen molar-refractivity contribution in [2.24, 2.45) is 0 Å². The molecular formula is C16H14F3NO3. The topological polar surface area (TPSA) is 47.6 Å². The molecule has 0 heterocycles. The number of amides is 1. The molecule has 0 aromatic heterocycles. The largest absolute Gasteiger partial charge is 0.481 e. The number of benzene rings is 2. The van der Waals surface area contributed by atoms with Crippen LogP contribution in [0.4, 0.5) is 18.9 Å². The number of carbonyl (C=O) groups is 1. The molecule has 0 aliphatic rings. The van der Waals surface area contributed by atoms with Gasteiger partial charge in [-0.1, -0.05) is 0 Å². The summed E-state index contributed by atoms with van der Waals surface area (Å²) in [5.74, 6) is -0.485. The first-order chi connectivity index (χ1) is 10.9. The number of halogens is 3. The molecule has 0 aliphatic carbocycles. The van der Waals surface area contributed by atoms with E-state index >= 15 is 0 Å². The fourth-order valence-corrected chi connectivity index (χ4v) is 1.73. The Hall–Kier alpha value is -2.70. The molecule has 0 saturated carbocycles. The molecule has 122 valence electrons. The van der Waals surface area contributed by atoms with Crippen molar-refractivity contribution in [2.75, 3.05) is 5.32 Å². The summed E-state index contributed by atoms with van der Waals surface area (Å²) >= 11 is 0. The second-order valence-electron chi connectivity index (χ2n) is 4.61. The minimum Gasteiger partial charge on any atom is -0.481 e. The summed E-state index contributed by atoms with van der Waals surface area (Å²) in [6.45, 7) is -1.37. The molecule has 2 aromatic rings. The van der Waals surface area contributed by atoms with Gasteiger partial charge in [0.25, 0.3) is 5.91 Å². The van der Waals surface area contributed by atoms with Crippen LogP contribution in [-0.2, 0) is 4.79 Å². The highest BCUT2D eigenvalue weighted by Crippen LogP contribution is 2.18. The van der Waals surface area contributed by atoms with Crippen molar-refractivity contribution < 1.29 is 27.4 Å². The van der Waals surface area contributed by atoms with Crippen molar-refractivity contribution in [3.63, 3.8) is 0 Å². The lowest BCUT2D eigenvalue weighted by Crippen LogP contribution is -2.30. The Balaban J connectivity index is 1.91. The third kappa shape index (κ3) is 5.21. The van der Waals surface area contributed by atoms with Crippen LogP contribution in [0, 0.1) is 5.82 Å². The smallest absolute Gasteiger partial charge is 0.387 e. The summed E-state index contributed by atoms with van der Waals surface area (Å²) in [5, 5.41) is 2.57. The average molecular weight is 325 g/mol. The molecule has 0 bridgehead atoms. The molecule has 4 nitrogen and oxygen atoms in total. The van der Waals surface area contributed by atoms with Crippen LogP contribution >= 0.6 is 0 Å². The van der Waals surface area contributed by atoms with Crippen molar-refractivity contribution in [1.29, 1.82) is 0 Å². The summed E-state index contributed by atoms with van der Waals surface area (Å²) < 4.78 is 46.4. The summed E-state index contributed by atoms with van der Waals surface area (Å²) in [4.78, 5) is 12.0. The summed E-state index contributed by atoms with van der Waals surface area (Å²) in [6.07, 6.45) is -0.822. The molecule has 1 N–H and O–H groups in total. The van der Waals surface area contributed by atoms with Crippen LogP contribution in [0.5, 0.6) is 11.5 Å². The van der Waals surface area contributed by atoms with E-state index in [2.05, 4.69) is 10.1 Å². The number of hydrogen-bond acceptors (Lipinski definition) is 3. The van der Waals surface area contributed by atoms with Gasteiger partial charge in [0.2, 0.25) is 0 Å². The van der Waals surface area contributed by atoms with Crippen LogP contribution in [0.1, 0.15) is 6.92 Å². The molecule has 0 saturated heterocycles. The molecule has 0 aliphatic heterocycles. The fraction of sp³-hybridized carbons (Fsp3) is 0.188. The summed E-state index contributed by atoms with van der Waals surface area (Å²) in [6, 6.07) is 10.8. The molecule has 23 heavy (non-hydrogen) atoms. The zero-order valence-electron chi connectivity index (χ0n) is 12.1. The second-order valence-corrected chi connectivity index (χ2v) is 4.61. The van der Waals surface area contributed by atoms with E-state index in [9.17, 15) is 18.0 Å². The lowest BCUT2D eigenvalue weighted by Gasteiger charge is -2.15. The number of nitrogens with one attached hydrogen (secondary N) is 1. The normalized spacial score (nSPS) is 11.9. The number of carbonyl (C=O) groups excluding carboxylic acids is 1. The van der Waals surface area contributed by atoms with Gasteiger partial charge in [0.15, 0.2) is 6.10 Å². The van der Waals surface area contributed by atoms with Crippen LogP contribution in [0.2, 0.25) is 0 Å². The minimum absolute atomic E-state index is 0.00592. The Labute approximate surface area is 130 Å². The molecular weight excluding hydrogens is 311 g/mol. The van der Waals surface area contributed by atoms with E-state index in [1.165, 1.54) is 55.5 Å². The van der Waals surface area contributed by atoms with Crippen molar-refractivity contribution in [2.45, 2.75) is 19.6 Å². The molecule has 0 radical (unpaired) electrons. The van der Waals surface area contributed by atoms with E-state index in [0.717, 1.165) is 0 Å². The monoisotopic (exact) mass is 325 g/mol. The molecule has 1 amide bonds. The quantitative estimate of drug-likeness (QED) is 0.878. The van der Waals surface area contributed by atoms with Crippen LogP contribution < -0.4 is 14.8 Å². The Morgan fingerprint density at radius 1 is 0.957 bits per heavy atom. The number of anilines is 1. The van der Waals surface area contributed by atoms with Crippen LogP contribution in [0.15, 0.2) is 48.5 Å². The van der Waals surface area contributed by atoms with Gasteiger partial charge in [0.05, 0.1) is 0 Å². The van der Waals surface area contributed by atoms with E-state index in [1.807, 2.05) is 0 Å². The van der Waals surface area contributed by atoms with Crippen molar-refractivity contribution in [1.82, 2.24) is 0 Å². The maximum absolute atomic E-state index is 12.8. The van der Waals surface area contributed by atoms with E-state index in [1.54, 1.807) is 0 Å². The lowest BCUT2D eigenvalue weighted by molar-refractivity contribution is -0.122. The third-order valence-corrected chi connectivity index (χ3v) is 2.84. The van der Waals surface area contributed by atoms with Gasteiger partial charge in [-0.25, -0.2) is 4.39 Å². The number of rotatable bonds is 6. The average Bonchev–Trinajstić information content (AvgIpc) is 2.51. The SMILES string of the molecule is C[C@H](Oc1ccc(F)cc1)C(=O)Nc1ccc(OC(F)F)cc1. The molecule has 7 heteroatoms. The Bertz CT molecular complexity index is 645. The van der Waals surface area contributed by atoms with E-state index in [4.69, 9.17) is 4.74 Å². The Morgan fingerprint density at radius 2 is 1.48 bits per heavy atom. The predicted octanol–water partition coefficient (Wildman–Crippen LogP) is 3.83. The van der Waals surface area contributed by atoms with E-state index < -0.39 is 24.4 Å². The number of alkyl halides is 2. The van der Waals surface area contributed by atoms with Gasteiger partial charge in [-0.15, -0.1) is 0 Å². The van der Waals surface area contributed by atoms with Crippen LogP contribution in [-0.4, -0.2) is 18.6 Å². The van der Waals surface area contributed by atoms with Gasteiger partial charge < -0.3 is 14.8 Å². The minimum atomic E-state index is -2.90. The van der Waals surface area contributed by atoms with Gasteiger partial charge in [-0.3, -0.25) is 4.79 Å². The van der Waals surface area contributed by atoms with Gasteiger partial charge >= 0.3 is 6.61 Å². The first-order valence-electron chi connectivity index (χ1n) is 6.72. The lowest BCUT2D eigenvalue weighted by atomic mass is 10.2. The fourth-order valence-electron chi connectivity index (χ4n) is 1.73. The third-order valence-electron chi connectivity index (χ3n) is 2.84. The van der Waals surface area contributed by atoms with Gasteiger partial charge in [0.1, 0.15) is 17.3 Å². The molecule has 2 aromatic carbocycles. The second kappa shape index (κ2) is 7.53. The Kier molecular flexibility index (Phi) is 5.46. The van der Waals surface area contributed by atoms with Crippen LogP contribution in [0.25, 0.3) is 0 Å². The summed E-state index contributed by atoms with van der Waals surface area (Å²) in [5.41, 5.74) is 0.408. The highest BCUT2D eigenvalue weighted by molar-refractivity contribution is 5.94. The van der Waals surface area contributed by atoms with Gasteiger partial charge in [0, 0.05) is 5.69 Å². The van der Waals surface area contributed by atoms with E-state index in [-0.39, 0.29) is 5.75 Å². The highest BCUT2D eigenvalue weighted by atomic mass is 19.3. The Morgan fingerprint density at radius 3 is 2.04 bits per heavy atom. The maximum Gasteiger partial charge on any atom is 0.387 e. The van der Waals surface area contributed by atoms with E-state index in [0.29, 0.717) is 11.4 Å². The summed E-state index contributed by atoms with van der Waals surface area (Å²) in [7, 11) is 0. The molecule has 1 atom stereocenters. The number of ether oxygens (including phenoxy) is 2. The zero-order chi connectivity index (χ0) is 16.8. The highest BCUT2D eigenvalue weighted by Gasteiger charge is 2.15. The first kappa shape index (κ1) is 16.7. The van der Waals surface area contributed by atoms with Crippen LogP contribution in [0.3, 0.4) is 0 Å². The van der Waals surface area contributed by atoms with Gasteiger partial charge in [-0.05, 0) is 55.5 Å². The molecule has 2 rings (SSSR count). The van der Waals surface area contributed by atoms with Crippen molar-refractivity contribution in [3.8, 4) is 11.5 Å². The number of hydrogen-bond donors (Lipinski definition) is 1. The molecule has 0 fully saturated rings. The maximum atomic E-state index is 12.8. The van der Waals surface area contributed by atoms with Crippen molar-refractivity contribution >= 4 is 11.6 Å². The van der Waals surface area contributed by atoms with Crippen molar-refractivity contribution in [3.05, 3.63) is 54.3 Å².